The first-order valence-electron chi connectivity index (χ1n) is 11.2. The lowest BCUT2D eigenvalue weighted by Crippen LogP contribution is -2.52. The lowest BCUT2D eigenvalue weighted by molar-refractivity contribution is -0.132. The van der Waals surface area contributed by atoms with Crippen molar-refractivity contribution in [3.05, 3.63) is 59.2 Å². The molecule has 0 radical (unpaired) electrons. The molecule has 8 nitrogen and oxygen atoms in total. The van der Waals surface area contributed by atoms with E-state index in [4.69, 9.17) is 4.74 Å². The molecule has 0 atom stereocenters. The molecular formula is C25H32N4O4. The summed E-state index contributed by atoms with van der Waals surface area (Å²) >= 11 is 0. The number of carbonyl (C=O) groups excluding carboxylic acids is 3. The second kappa shape index (κ2) is 11.5. The number of hydrogen-bond donors (Lipinski definition) is 2. The van der Waals surface area contributed by atoms with Crippen molar-refractivity contribution in [2.24, 2.45) is 0 Å². The molecule has 0 aliphatic carbocycles. The third kappa shape index (κ3) is 6.55. The number of rotatable bonds is 8. The van der Waals surface area contributed by atoms with Crippen molar-refractivity contribution in [3.63, 3.8) is 0 Å². The summed E-state index contributed by atoms with van der Waals surface area (Å²) in [4.78, 5) is 41.2. The summed E-state index contributed by atoms with van der Waals surface area (Å²) in [5.74, 6) is -0.0488. The quantitative estimate of drug-likeness (QED) is 0.641. The average Bonchev–Trinajstić information content (AvgIpc) is 2.81. The van der Waals surface area contributed by atoms with Crippen LogP contribution in [0.1, 0.15) is 28.4 Å². The van der Waals surface area contributed by atoms with E-state index >= 15 is 0 Å². The second-order valence-corrected chi connectivity index (χ2v) is 8.06. The minimum absolute atomic E-state index is 0.0660. The summed E-state index contributed by atoms with van der Waals surface area (Å²) in [6.45, 7) is 8.75. The van der Waals surface area contributed by atoms with Crippen LogP contribution >= 0.6 is 0 Å². The van der Waals surface area contributed by atoms with Crippen molar-refractivity contribution in [1.82, 2.24) is 15.1 Å². The van der Waals surface area contributed by atoms with Crippen molar-refractivity contribution < 1.29 is 19.1 Å². The van der Waals surface area contributed by atoms with Crippen LogP contribution in [-0.4, -0.2) is 73.4 Å². The maximum Gasteiger partial charge on any atom is 0.255 e. The highest BCUT2D eigenvalue weighted by Gasteiger charge is 2.23. The van der Waals surface area contributed by atoms with Crippen LogP contribution < -0.4 is 15.4 Å². The molecule has 0 bridgehead atoms. The van der Waals surface area contributed by atoms with Gasteiger partial charge >= 0.3 is 0 Å². The molecular weight excluding hydrogens is 420 g/mol. The predicted molar refractivity (Wildman–Crippen MR) is 128 cm³/mol. The van der Waals surface area contributed by atoms with Gasteiger partial charge in [0.05, 0.1) is 25.3 Å². The first kappa shape index (κ1) is 24.3. The molecule has 33 heavy (non-hydrogen) atoms. The number of aryl methyl sites for hydroxylation is 1. The minimum atomic E-state index is -0.339. The molecule has 1 saturated heterocycles. The molecule has 1 fully saturated rings. The number of hydrogen-bond acceptors (Lipinski definition) is 5. The maximum atomic E-state index is 12.6. The van der Waals surface area contributed by atoms with E-state index in [0.717, 1.165) is 16.8 Å². The van der Waals surface area contributed by atoms with E-state index in [2.05, 4.69) is 10.6 Å². The highest BCUT2D eigenvalue weighted by Crippen LogP contribution is 2.18. The van der Waals surface area contributed by atoms with Crippen LogP contribution in [0.2, 0.25) is 0 Å². The lowest BCUT2D eigenvalue weighted by Gasteiger charge is -2.34. The number of nitrogens with zero attached hydrogens (tertiary/aromatic N) is 2. The number of piperazine rings is 1. The highest BCUT2D eigenvalue weighted by molar-refractivity contribution is 5.98. The Bertz CT molecular complexity index is 1000. The molecule has 8 heteroatoms. The van der Waals surface area contributed by atoms with Gasteiger partial charge < -0.3 is 20.3 Å². The van der Waals surface area contributed by atoms with Crippen LogP contribution in [0.25, 0.3) is 0 Å². The van der Waals surface area contributed by atoms with Crippen molar-refractivity contribution in [1.29, 1.82) is 0 Å². The maximum absolute atomic E-state index is 12.6. The molecule has 0 saturated carbocycles. The van der Waals surface area contributed by atoms with Gasteiger partial charge in [0.1, 0.15) is 5.75 Å². The van der Waals surface area contributed by atoms with Gasteiger partial charge in [-0.05, 0) is 50.1 Å². The fourth-order valence-corrected chi connectivity index (χ4v) is 3.73. The Hall–Kier alpha value is -3.39. The number of nitrogens with one attached hydrogen (secondary N) is 2. The third-order valence-corrected chi connectivity index (χ3v) is 5.80. The van der Waals surface area contributed by atoms with Crippen LogP contribution in [0.15, 0.2) is 42.5 Å². The van der Waals surface area contributed by atoms with Gasteiger partial charge in [0.25, 0.3) is 5.91 Å². The monoisotopic (exact) mass is 452 g/mol. The van der Waals surface area contributed by atoms with Crippen molar-refractivity contribution in [3.8, 4) is 5.75 Å². The average molecular weight is 453 g/mol. The predicted octanol–water partition coefficient (Wildman–Crippen LogP) is 2.21. The number of para-hydroxylation sites is 1. The summed E-state index contributed by atoms with van der Waals surface area (Å²) < 4.78 is 5.48. The third-order valence-electron chi connectivity index (χ3n) is 5.80. The molecule has 1 heterocycles. The summed E-state index contributed by atoms with van der Waals surface area (Å²) in [7, 11) is 0. The van der Waals surface area contributed by atoms with E-state index in [0.29, 0.717) is 44.1 Å². The Morgan fingerprint density at radius 1 is 0.970 bits per heavy atom. The first-order chi connectivity index (χ1) is 15.9. The molecule has 2 N–H and O–H groups in total. The van der Waals surface area contributed by atoms with Crippen LogP contribution in [-0.2, 0) is 9.59 Å². The normalized spacial score (nSPS) is 14.0. The van der Waals surface area contributed by atoms with Gasteiger partial charge in [-0.1, -0.05) is 24.3 Å². The smallest absolute Gasteiger partial charge is 0.255 e. The van der Waals surface area contributed by atoms with Gasteiger partial charge in [0, 0.05) is 31.9 Å². The molecule has 2 aromatic rings. The number of carbonyl (C=O) groups is 3. The zero-order valence-corrected chi connectivity index (χ0v) is 19.5. The summed E-state index contributed by atoms with van der Waals surface area (Å²) in [5.41, 5.74) is 3.43. The van der Waals surface area contributed by atoms with E-state index in [-0.39, 0.29) is 30.8 Å². The van der Waals surface area contributed by atoms with Crippen molar-refractivity contribution in [2.45, 2.75) is 20.8 Å². The SMILES string of the molecule is CCOc1ccccc1C(=O)NCC(=O)N1CCN(CC(=O)Nc2cccc(C)c2C)CC1. The Morgan fingerprint density at radius 3 is 2.42 bits per heavy atom. The van der Waals surface area contributed by atoms with Gasteiger partial charge in [-0.25, -0.2) is 0 Å². The van der Waals surface area contributed by atoms with E-state index in [1.54, 1.807) is 29.2 Å². The van der Waals surface area contributed by atoms with E-state index in [1.807, 2.05) is 43.9 Å². The van der Waals surface area contributed by atoms with Gasteiger partial charge in [0.2, 0.25) is 11.8 Å². The van der Waals surface area contributed by atoms with Gasteiger partial charge in [-0.15, -0.1) is 0 Å². The number of ether oxygens (including phenoxy) is 1. The van der Waals surface area contributed by atoms with E-state index in [1.165, 1.54) is 0 Å². The van der Waals surface area contributed by atoms with E-state index in [9.17, 15) is 14.4 Å². The largest absolute Gasteiger partial charge is 0.493 e. The standard InChI is InChI=1S/C25H32N4O4/c1-4-33-22-11-6-5-9-20(22)25(32)26-16-24(31)29-14-12-28(13-15-29)17-23(30)27-21-10-7-8-18(2)19(21)3/h5-11H,4,12-17H2,1-3H3,(H,26,32)(H,27,30). The molecule has 0 aromatic heterocycles. The van der Waals surface area contributed by atoms with Crippen LogP contribution in [0, 0.1) is 13.8 Å². The van der Waals surface area contributed by atoms with Crippen molar-refractivity contribution >= 4 is 23.4 Å². The summed E-state index contributed by atoms with van der Waals surface area (Å²) in [6, 6.07) is 12.8. The molecule has 3 rings (SSSR count). The minimum Gasteiger partial charge on any atom is -0.493 e. The molecule has 0 unspecified atom stereocenters. The second-order valence-electron chi connectivity index (χ2n) is 8.06. The molecule has 3 amide bonds. The zero-order chi connectivity index (χ0) is 23.8. The first-order valence-corrected chi connectivity index (χ1v) is 11.2. The summed E-state index contributed by atoms with van der Waals surface area (Å²) in [6.07, 6.45) is 0. The highest BCUT2D eigenvalue weighted by atomic mass is 16.5. The fraction of sp³-hybridized carbons (Fsp3) is 0.400. The number of benzene rings is 2. The van der Waals surface area contributed by atoms with Crippen LogP contribution in [0.3, 0.4) is 0 Å². The topological polar surface area (TPSA) is 91.0 Å². The summed E-state index contributed by atoms with van der Waals surface area (Å²) in [5, 5.41) is 5.66. The number of anilines is 1. The molecule has 2 aromatic carbocycles. The van der Waals surface area contributed by atoms with Crippen LogP contribution in [0.5, 0.6) is 5.75 Å². The Balaban J connectivity index is 1.43. The molecule has 1 aliphatic heterocycles. The van der Waals surface area contributed by atoms with Crippen molar-refractivity contribution in [2.75, 3.05) is 51.2 Å². The van der Waals surface area contributed by atoms with Gasteiger partial charge in [-0.2, -0.15) is 0 Å². The zero-order valence-electron chi connectivity index (χ0n) is 19.5. The number of amides is 3. The van der Waals surface area contributed by atoms with Gasteiger partial charge in [-0.3, -0.25) is 19.3 Å². The Labute approximate surface area is 194 Å². The Morgan fingerprint density at radius 2 is 1.70 bits per heavy atom. The van der Waals surface area contributed by atoms with Gasteiger partial charge in [0.15, 0.2) is 0 Å². The van der Waals surface area contributed by atoms with Crippen LogP contribution in [0.4, 0.5) is 5.69 Å². The fourth-order valence-electron chi connectivity index (χ4n) is 3.73. The van der Waals surface area contributed by atoms with E-state index < -0.39 is 0 Å². The molecule has 176 valence electrons. The molecule has 0 spiro atoms. The Kier molecular flexibility index (Phi) is 8.43. The lowest BCUT2D eigenvalue weighted by atomic mass is 10.1. The molecule has 1 aliphatic rings.